The van der Waals surface area contributed by atoms with E-state index in [4.69, 9.17) is 0 Å². The first kappa shape index (κ1) is 23.5. The normalized spacial score (nSPS) is 15.8. The van der Waals surface area contributed by atoms with E-state index < -0.39 is 12.0 Å². The van der Waals surface area contributed by atoms with Crippen LogP contribution in [-0.2, 0) is 4.79 Å². The smallest absolute Gasteiger partial charge is 0.322 e. The number of carbonyl (C=O) groups excluding carboxylic acids is 1. The maximum absolute atomic E-state index is 12.5. The molecule has 172 valence electrons. The number of nitrogens with one attached hydrogen (secondary N) is 3. The van der Waals surface area contributed by atoms with Crippen LogP contribution in [0.1, 0.15) is 44.0 Å². The molecule has 9 heteroatoms. The van der Waals surface area contributed by atoms with Crippen LogP contribution in [0.15, 0.2) is 42.7 Å². The van der Waals surface area contributed by atoms with E-state index in [9.17, 15) is 14.7 Å². The molecule has 4 N–H and O–H groups in total. The maximum atomic E-state index is 12.5. The van der Waals surface area contributed by atoms with Gasteiger partial charge in [-0.2, -0.15) is 0 Å². The van der Waals surface area contributed by atoms with Crippen molar-refractivity contribution in [2.75, 3.05) is 29.9 Å². The molecule has 2 heterocycles. The molecule has 1 saturated heterocycles. The van der Waals surface area contributed by atoms with Gasteiger partial charge in [0.1, 0.15) is 6.04 Å². The van der Waals surface area contributed by atoms with Gasteiger partial charge in [-0.3, -0.25) is 14.9 Å². The summed E-state index contributed by atoms with van der Waals surface area (Å²) in [5.74, 6) is -0.624. The molecule has 9 nitrogen and oxygen atoms in total. The van der Waals surface area contributed by atoms with Crippen LogP contribution in [0.2, 0.25) is 0 Å². The van der Waals surface area contributed by atoms with Crippen molar-refractivity contribution in [3.63, 3.8) is 0 Å². The van der Waals surface area contributed by atoms with Crippen molar-refractivity contribution in [3.05, 3.63) is 48.3 Å². The summed E-state index contributed by atoms with van der Waals surface area (Å²) in [4.78, 5) is 34.6. The summed E-state index contributed by atoms with van der Waals surface area (Å²) >= 11 is 0. The fourth-order valence-electron chi connectivity index (χ4n) is 3.68. The topological polar surface area (TPSA) is 119 Å². The van der Waals surface area contributed by atoms with Crippen molar-refractivity contribution in [1.29, 1.82) is 0 Å². The quantitative estimate of drug-likeness (QED) is 0.493. The predicted octanol–water partition coefficient (Wildman–Crippen LogP) is 2.13. The highest BCUT2D eigenvalue weighted by molar-refractivity contribution is 5.94. The van der Waals surface area contributed by atoms with Gasteiger partial charge in [0, 0.05) is 54.9 Å². The number of nitrogens with zero attached hydrogens (tertiary/aromatic N) is 3. The minimum absolute atomic E-state index is 0.0127. The zero-order chi connectivity index (χ0) is 23.1. The van der Waals surface area contributed by atoms with Gasteiger partial charge in [0.15, 0.2) is 0 Å². The molecule has 0 radical (unpaired) electrons. The van der Waals surface area contributed by atoms with Crippen LogP contribution < -0.4 is 20.9 Å². The monoisotopic (exact) mass is 440 g/mol. The van der Waals surface area contributed by atoms with Crippen molar-refractivity contribution in [3.8, 4) is 0 Å². The largest absolute Gasteiger partial charge is 0.480 e. The van der Waals surface area contributed by atoms with Crippen LogP contribution >= 0.6 is 0 Å². The average Bonchev–Trinajstić information content (AvgIpc) is 2.77. The van der Waals surface area contributed by atoms with Gasteiger partial charge in [-0.1, -0.05) is 0 Å². The van der Waals surface area contributed by atoms with Gasteiger partial charge in [0.05, 0.1) is 0 Å². The fourth-order valence-corrected chi connectivity index (χ4v) is 3.68. The highest BCUT2D eigenvalue weighted by Crippen LogP contribution is 2.22. The Labute approximate surface area is 188 Å². The number of aliphatic carboxylic acids is 1. The molecule has 0 saturated carbocycles. The fraction of sp³-hybridized carbons (Fsp3) is 0.478. The first-order valence-corrected chi connectivity index (χ1v) is 10.9. The average molecular weight is 441 g/mol. The summed E-state index contributed by atoms with van der Waals surface area (Å²) in [6.07, 6.45) is 5.39. The van der Waals surface area contributed by atoms with E-state index in [-0.39, 0.29) is 18.0 Å². The van der Waals surface area contributed by atoms with Crippen molar-refractivity contribution in [2.45, 2.75) is 51.2 Å². The molecular formula is C23H32N6O3. The second kappa shape index (κ2) is 10.4. The Bertz CT molecular complexity index is 890. The molecule has 1 atom stereocenters. The number of aromatic nitrogens is 2. The Morgan fingerprint density at radius 1 is 1.12 bits per heavy atom. The van der Waals surface area contributed by atoms with Gasteiger partial charge in [0.25, 0.3) is 5.91 Å². The lowest BCUT2D eigenvalue weighted by molar-refractivity contribution is -0.139. The second-order valence-electron chi connectivity index (χ2n) is 9.02. The molecule has 0 spiro atoms. The SMILES string of the molecule is CC(C)(C)N[C@@H](CNC(=O)c1ccc(N2CCC(Nc3ncccn3)CC2)cc1)C(=O)O. The van der Waals surface area contributed by atoms with Crippen molar-refractivity contribution >= 4 is 23.5 Å². The molecule has 1 aromatic carbocycles. The van der Waals surface area contributed by atoms with Crippen LogP contribution in [0.25, 0.3) is 0 Å². The first-order chi connectivity index (χ1) is 15.2. The van der Waals surface area contributed by atoms with Gasteiger partial charge in [-0.15, -0.1) is 0 Å². The molecule has 3 rings (SSSR count). The number of carboxylic acid groups (broad SMARTS) is 1. The molecule has 1 amide bonds. The third-order valence-electron chi connectivity index (χ3n) is 5.26. The van der Waals surface area contributed by atoms with Gasteiger partial charge >= 0.3 is 5.97 Å². The van der Waals surface area contributed by atoms with E-state index in [2.05, 4.69) is 30.8 Å². The summed E-state index contributed by atoms with van der Waals surface area (Å²) in [7, 11) is 0. The number of rotatable bonds is 8. The molecule has 1 fully saturated rings. The highest BCUT2D eigenvalue weighted by Gasteiger charge is 2.24. The van der Waals surface area contributed by atoms with E-state index in [1.807, 2.05) is 32.9 Å². The van der Waals surface area contributed by atoms with Crippen molar-refractivity contribution in [1.82, 2.24) is 20.6 Å². The number of carboxylic acids is 1. The Kier molecular flexibility index (Phi) is 7.63. The lowest BCUT2D eigenvalue weighted by Crippen LogP contribution is -2.53. The minimum Gasteiger partial charge on any atom is -0.480 e. The molecule has 1 aromatic heterocycles. The molecular weight excluding hydrogens is 408 g/mol. The van der Waals surface area contributed by atoms with Crippen LogP contribution in [0.5, 0.6) is 0 Å². The van der Waals surface area contributed by atoms with E-state index in [0.29, 0.717) is 17.6 Å². The summed E-state index contributed by atoms with van der Waals surface area (Å²) in [5, 5.41) is 18.5. The summed E-state index contributed by atoms with van der Waals surface area (Å²) in [6, 6.07) is 8.71. The van der Waals surface area contributed by atoms with E-state index in [1.54, 1.807) is 30.6 Å². The van der Waals surface area contributed by atoms with Crippen LogP contribution in [0.3, 0.4) is 0 Å². The van der Waals surface area contributed by atoms with Crippen LogP contribution in [-0.4, -0.2) is 64.2 Å². The minimum atomic E-state index is -0.993. The Hall–Kier alpha value is -3.20. The number of hydrogen-bond acceptors (Lipinski definition) is 7. The van der Waals surface area contributed by atoms with E-state index in [0.717, 1.165) is 31.6 Å². The number of carbonyl (C=O) groups is 2. The van der Waals surface area contributed by atoms with Gasteiger partial charge < -0.3 is 20.6 Å². The number of hydrogen-bond donors (Lipinski definition) is 4. The Morgan fingerprint density at radius 3 is 2.31 bits per heavy atom. The molecule has 0 bridgehead atoms. The standard InChI is InChI=1S/C23H32N6O3/c1-23(2,3)28-19(21(31)32)15-26-20(30)16-5-7-18(8-6-16)29-13-9-17(10-14-29)27-22-24-11-4-12-25-22/h4-8,11-12,17,19,28H,9-10,13-15H2,1-3H3,(H,26,30)(H,31,32)(H,24,25,27)/t19-/m0/s1. The Morgan fingerprint density at radius 2 is 1.75 bits per heavy atom. The number of piperidine rings is 1. The lowest BCUT2D eigenvalue weighted by atomic mass is 10.0. The maximum Gasteiger partial charge on any atom is 0.322 e. The summed E-state index contributed by atoms with van der Waals surface area (Å²) < 4.78 is 0. The van der Waals surface area contributed by atoms with Crippen LogP contribution in [0.4, 0.5) is 11.6 Å². The zero-order valence-corrected chi connectivity index (χ0v) is 18.8. The highest BCUT2D eigenvalue weighted by atomic mass is 16.4. The molecule has 2 aromatic rings. The summed E-state index contributed by atoms with van der Waals surface area (Å²) in [5.41, 5.74) is 1.20. The molecule has 1 aliphatic heterocycles. The third-order valence-corrected chi connectivity index (χ3v) is 5.26. The van der Waals surface area contributed by atoms with Crippen LogP contribution in [0, 0.1) is 0 Å². The number of benzene rings is 1. The lowest BCUT2D eigenvalue weighted by Gasteiger charge is -2.34. The predicted molar refractivity (Wildman–Crippen MR) is 124 cm³/mol. The molecule has 1 aliphatic rings. The molecule has 0 unspecified atom stereocenters. The third kappa shape index (κ3) is 6.91. The summed E-state index contributed by atoms with van der Waals surface area (Å²) in [6.45, 7) is 7.47. The van der Waals surface area contributed by atoms with Crippen molar-refractivity contribution in [2.24, 2.45) is 0 Å². The first-order valence-electron chi connectivity index (χ1n) is 10.9. The Balaban J connectivity index is 1.49. The second-order valence-corrected chi connectivity index (χ2v) is 9.02. The molecule has 32 heavy (non-hydrogen) atoms. The van der Waals surface area contributed by atoms with E-state index >= 15 is 0 Å². The van der Waals surface area contributed by atoms with Gasteiger partial charge in [0.2, 0.25) is 5.95 Å². The van der Waals surface area contributed by atoms with Gasteiger partial charge in [-0.05, 0) is 63.9 Å². The van der Waals surface area contributed by atoms with E-state index in [1.165, 1.54) is 0 Å². The number of anilines is 2. The number of amides is 1. The van der Waals surface area contributed by atoms with Gasteiger partial charge in [-0.25, -0.2) is 9.97 Å². The zero-order valence-electron chi connectivity index (χ0n) is 18.8. The van der Waals surface area contributed by atoms with Crippen molar-refractivity contribution < 1.29 is 14.7 Å². The molecule has 0 aliphatic carbocycles.